The average Bonchev–Trinajstić information content (AvgIpc) is 2.67. The van der Waals surface area contributed by atoms with Gasteiger partial charge >= 0.3 is 0 Å². The molecule has 0 bridgehead atoms. The summed E-state index contributed by atoms with van der Waals surface area (Å²) < 4.78 is 5.13. The molecule has 0 aliphatic carbocycles. The Morgan fingerprint density at radius 2 is 1.67 bits per heavy atom. The minimum absolute atomic E-state index is 0.155. The summed E-state index contributed by atoms with van der Waals surface area (Å²) in [5, 5.41) is 3.06. The van der Waals surface area contributed by atoms with Crippen molar-refractivity contribution in [1.29, 1.82) is 0 Å². The van der Waals surface area contributed by atoms with E-state index in [0.717, 1.165) is 17.0 Å². The number of nitrogens with zero attached hydrogens (tertiary/aromatic N) is 1. The van der Waals surface area contributed by atoms with Crippen LogP contribution in [-0.4, -0.2) is 18.0 Å². The molecule has 0 aliphatic heterocycles. The largest absolute Gasteiger partial charge is 0.497 e. The summed E-state index contributed by atoms with van der Waals surface area (Å²) in [7, 11) is 1.60. The average molecular weight is 318 g/mol. The van der Waals surface area contributed by atoms with Gasteiger partial charge in [-0.3, -0.25) is 9.78 Å². The number of amides is 1. The van der Waals surface area contributed by atoms with E-state index in [1.165, 1.54) is 0 Å². The van der Waals surface area contributed by atoms with E-state index in [2.05, 4.69) is 10.3 Å². The van der Waals surface area contributed by atoms with Crippen molar-refractivity contribution in [2.24, 2.45) is 0 Å². The summed E-state index contributed by atoms with van der Waals surface area (Å²) in [5.41, 5.74) is 2.36. The fourth-order valence-corrected chi connectivity index (χ4v) is 2.48. The molecule has 0 aliphatic rings. The van der Waals surface area contributed by atoms with E-state index in [0.29, 0.717) is 5.56 Å². The van der Waals surface area contributed by atoms with Gasteiger partial charge in [0.15, 0.2) is 0 Å². The molecule has 1 N–H and O–H groups in total. The Morgan fingerprint density at radius 3 is 2.29 bits per heavy atom. The third-order valence-corrected chi connectivity index (χ3v) is 3.74. The zero-order valence-electron chi connectivity index (χ0n) is 13.3. The first kappa shape index (κ1) is 15.7. The SMILES string of the molecule is COc1ccc(C(=O)NC(c2ccccc2)c2ccccn2)cc1. The van der Waals surface area contributed by atoms with Gasteiger partial charge < -0.3 is 10.1 Å². The number of ether oxygens (including phenoxy) is 1. The molecule has 0 spiro atoms. The lowest BCUT2D eigenvalue weighted by Crippen LogP contribution is -2.29. The number of rotatable bonds is 5. The van der Waals surface area contributed by atoms with Crippen LogP contribution in [0.15, 0.2) is 79.0 Å². The van der Waals surface area contributed by atoms with Crippen LogP contribution in [0.2, 0.25) is 0 Å². The van der Waals surface area contributed by atoms with Crippen LogP contribution in [0.3, 0.4) is 0 Å². The fourth-order valence-electron chi connectivity index (χ4n) is 2.48. The van der Waals surface area contributed by atoms with Crippen LogP contribution in [0, 0.1) is 0 Å². The molecule has 2 aromatic carbocycles. The molecule has 4 nitrogen and oxygen atoms in total. The van der Waals surface area contributed by atoms with Gasteiger partial charge in [-0.1, -0.05) is 36.4 Å². The Balaban J connectivity index is 1.87. The van der Waals surface area contributed by atoms with Crippen LogP contribution in [0.5, 0.6) is 5.75 Å². The van der Waals surface area contributed by atoms with E-state index < -0.39 is 0 Å². The third-order valence-electron chi connectivity index (χ3n) is 3.74. The van der Waals surface area contributed by atoms with Crippen molar-refractivity contribution in [2.75, 3.05) is 7.11 Å². The highest BCUT2D eigenvalue weighted by atomic mass is 16.5. The standard InChI is InChI=1S/C20H18N2O2/c1-24-17-12-10-16(11-13-17)20(23)22-19(15-7-3-2-4-8-15)18-9-5-6-14-21-18/h2-14,19H,1H3,(H,22,23). The molecule has 3 rings (SSSR count). The van der Waals surface area contributed by atoms with Crippen LogP contribution in [-0.2, 0) is 0 Å². The van der Waals surface area contributed by atoms with E-state index in [4.69, 9.17) is 4.74 Å². The minimum atomic E-state index is -0.304. The Labute approximate surface area is 141 Å². The van der Waals surface area contributed by atoms with Gasteiger partial charge in [0.25, 0.3) is 5.91 Å². The molecule has 4 heteroatoms. The lowest BCUT2D eigenvalue weighted by Gasteiger charge is -2.19. The number of methoxy groups -OCH3 is 1. The zero-order chi connectivity index (χ0) is 16.8. The van der Waals surface area contributed by atoms with Crippen molar-refractivity contribution < 1.29 is 9.53 Å². The van der Waals surface area contributed by atoms with Gasteiger partial charge in [0.2, 0.25) is 0 Å². The molecule has 1 aromatic heterocycles. The fraction of sp³-hybridized carbons (Fsp3) is 0.100. The number of carbonyl (C=O) groups is 1. The molecule has 0 saturated carbocycles. The van der Waals surface area contributed by atoms with Gasteiger partial charge in [-0.25, -0.2) is 0 Å². The maximum Gasteiger partial charge on any atom is 0.252 e. The second-order valence-electron chi connectivity index (χ2n) is 5.30. The van der Waals surface area contributed by atoms with E-state index in [9.17, 15) is 4.79 Å². The van der Waals surface area contributed by atoms with Crippen molar-refractivity contribution in [3.63, 3.8) is 0 Å². The van der Waals surface area contributed by atoms with Gasteiger partial charge in [0, 0.05) is 11.8 Å². The summed E-state index contributed by atoms with van der Waals surface area (Å²) in [5.74, 6) is 0.563. The van der Waals surface area contributed by atoms with Crippen molar-refractivity contribution in [3.05, 3.63) is 95.8 Å². The number of aromatic nitrogens is 1. The predicted octanol–water partition coefficient (Wildman–Crippen LogP) is 3.61. The Hall–Kier alpha value is -3.14. The Kier molecular flexibility index (Phi) is 4.87. The van der Waals surface area contributed by atoms with Gasteiger partial charge in [-0.05, 0) is 42.0 Å². The van der Waals surface area contributed by atoms with Gasteiger partial charge in [-0.15, -0.1) is 0 Å². The summed E-state index contributed by atoms with van der Waals surface area (Å²) >= 11 is 0. The van der Waals surface area contributed by atoms with Crippen molar-refractivity contribution >= 4 is 5.91 Å². The van der Waals surface area contributed by atoms with E-state index in [1.54, 1.807) is 37.6 Å². The van der Waals surface area contributed by atoms with Crippen LogP contribution in [0.25, 0.3) is 0 Å². The molecule has 1 heterocycles. The highest BCUT2D eigenvalue weighted by Crippen LogP contribution is 2.21. The zero-order valence-corrected chi connectivity index (χ0v) is 13.3. The third kappa shape index (κ3) is 3.60. The molecule has 0 fully saturated rings. The molecule has 120 valence electrons. The normalized spacial score (nSPS) is 11.5. The van der Waals surface area contributed by atoms with Gasteiger partial charge in [-0.2, -0.15) is 0 Å². The van der Waals surface area contributed by atoms with E-state index in [-0.39, 0.29) is 11.9 Å². The lowest BCUT2D eigenvalue weighted by molar-refractivity contribution is 0.0942. The van der Waals surface area contributed by atoms with Crippen molar-refractivity contribution in [2.45, 2.75) is 6.04 Å². The summed E-state index contributed by atoms with van der Waals surface area (Å²) in [6.07, 6.45) is 1.73. The van der Waals surface area contributed by atoms with Crippen LogP contribution >= 0.6 is 0 Å². The molecule has 1 atom stereocenters. The number of hydrogen-bond acceptors (Lipinski definition) is 3. The second-order valence-corrected chi connectivity index (χ2v) is 5.30. The van der Waals surface area contributed by atoms with Crippen LogP contribution in [0.4, 0.5) is 0 Å². The number of pyridine rings is 1. The van der Waals surface area contributed by atoms with Crippen LogP contribution in [0.1, 0.15) is 27.7 Å². The molecule has 24 heavy (non-hydrogen) atoms. The highest BCUT2D eigenvalue weighted by Gasteiger charge is 2.18. The first-order chi connectivity index (χ1) is 11.8. The predicted molar refractivity (Wildman–Crippen MR) is 93.0 cm³/mol. The minimum Gasteiger partial charge on any atom is -0.497 e. The van der Waals surface area contributed by atoms with E-state index >= 15 is 0 Å². The summed E-state index contributed by atoms with van der Waals surface area (Å²) in [6.45, 7) is 0. The number of nitrogens with one attached hydrogen (secondary N) is 1. The van der Waals surface area contributed by atoms with Crippen LogP contribution < -0.4 is 10.1 Å². The van der Waals surface area contributed by atoms with Gasteiger partial charge in [0.1, 0.15) is 5.75 Å². The Morgan fingerprint density at radius 1 is 0.958 bits per heavy atom. The first-order valence-corrected chi connectivity index (χ1v) is 7.69. The lowest BCUT2D eigenvalue weighted by atomic mass is 10.0. The topological polar surface area (TPSA) is 51.2 Å². The van der Waals surface area contributed by atoms with Crippen molar-refractivity contribution in [3.8, 4) is 5.75 Å². The molecule has 1 amide bonds. The second kappa shape index (κ2) is 7.42. The molecule has 0 radical (unpaired) electrons. The maximum absolute atomic E-state index is 12.6. The molecule has 0 saturated heterocycles. The molecule has 1 unspecified atom stereocenters. The molecular formula is C20H18N2O2. The van der Waals surface area contributed by atoms with Crippen molar-refractivity contribution in [1.82, 2.24) is 10.3 Å². The smallest absolute Gasteiger partial charge is 0.252 e. The summed E-state index contributed by atoms with van der Waals surface area (Å²) in [6, 6.07) is 22.2. The number of hydrogen-bond donors (Lipinski definition) is 1. The van der Waals surface area contributed by atoms with Gasteiger partial charge in [0.05, 0.1) is 18.8 Å². The quantitative estimate of drug-likeness (QED) is 0.782. The monoisotopic (exact) mass is 318 g/mol. The molecular weight excluding hydrogens is 300 g/mol. The van der Waals surface area contributed by atoms with E-state index in [1.807, 2.05) is 48.5 Å². The first-order valence-electron chi connectivity index (χ1n) is 7.69. The maximum atomic E-state index is 12.6. The number of benzene rings is 2. The number of carbonyl (C=O) groups excluding carboxylic acids is 1. The summed E-state index contributed by atoms with van der Waals surface area (Å²) in [4.78, 5) is 17.0. The highest BCUT2D eigenvalue weighted by molar-refractivity contribution is 5.94. The Bertz CT molecular complexity index is 747. The molecule has 3 aromatic rings.